The Labute approximate surface area is 160 Å². The van der Waals surface area contributed by atoms with Crippen molar-refractivity contribution in [3.63, 3.8) is 0 Å². The molecular formula is C18H17N7O3. The van der Waals surface area contributed by atoms with Crippen molar-refractivity contribution in [3.8, 4) is 34.5 Å². The molecule has 0 amide bonds. The summed E-state index contributed by atoms with van der Waals surface area (Å²) < 4.78 is 14.1. The normalized spacial score (nSPS) is 10.8. The number of aromatic nitrogens is 7. The lowest BCUT2D eigenvalue weighted by Crippen LogP contribution is -2.09. The predicted molar refractivity (Wildman–Crippen MR) is 98.5 cm³/mol. The Bertz CT molecular complexity index is 1080. The first-order valence-corrected chi connectivity index (χ1v) is 8.36. The van der Waals surface area contributed by atoms with Gasteiger partial charge in [0, 0.05) is 18.3 Å². The minimum atomic E-state index is 0.0978. The van der Waals surface area contributed by atoms with E-state index in [9.17, 15) is 5.11 Å². The quantitative estimate of drug-likeness (QED) is 0.538. The topological polar surface area (TPSA) is 113 Å². The Morgan fingerprint density at radius 2 is 1.96 bits per heavy atom. The fourth-order valence-electron chi connectivity index (χ4n) is 2.82. The van der Waals surface area contributed by atoms with E-state index in [1.807, 2.05) is 10.6 Å². The maximum Gasteiger partial charge on any atom is 0.213 e. The average molecular weight is 379 g/mol. The second-order valence-electron chi connectivity index (χ2n) is 5.82. The van der Waals surface area contributed by atoms with Gasteiger partial charge in [-0.3, -0.25) is 4.57 Å². The smallest absolute Gasteiger partial charge is 0.213 e. The van der Waals surface area contributed by atoms with Crippen molar-refractivity contribution in [1.82, 2.24) is 34.7 Å². The van der Waals surface area contributed by atoms with E-state index in [4.69, 9.17) is 9.47 Å². The Morgan fingerprint density at radius 1 is 1.07 bits per heavy atom. The molecule has 0 bridgehead atoms. The highest BCUT2D eigenvalue weighted by atomic mass is 16.5. The van der Waals surface area contributed by atoms with E-state index in [0.717, 1.165) is 5.69 Å². The molecule has 1 aromatic carbocycles. The van der Waals surface area contributed by atoms with Crippen LogP contribution in [-0.4, -0.2) is 54.1 Å². The Hall–Kier alpha value is -3.95. The predicted octanol–water partition coefficient (Wildman–Crippen LogP) is 1.69. The highest BCUT2D eigenvalue weighted by Crippen LogP contribution is 2.33. The van der Waals surface area contributed by atoms with Crippen LogP contribution in [0.15, 0.2) is 48.9 Å². The van der Waals surface area contributed by atoms with Gasteiger partial charge in [0.1, 0.15) is 18.0 Å². The number of phenols is 1. The van der Waals surface area contributed by atoms with E-state index < -0.39 is 0 Å². The van der Waals surface area contributed by atoms with Crippen molar-refractivity contribution in [2.24, 2.45) is 0 Å². The van der Waals surface area contributed by atoms with Crippen molar-refractivity contribution in [2.45, 2.75) is 6.54 Å². The van der Waals surface area contributed by atoms with Gasteiger partial charge in [0.05, 0.1) is 37.9 Å². The molecule has 10 nitrogen and oxygen atoms in total. The summed E-state index contributed by atoms with van der Waals surface area (Å²) in [6.07, 6.45) is 5.01. The van der Waals surface area contributed by atoms with Gasteiger partial charge in [0.15, 0.2) is 11.6 Å². The van der Waals surface area contributed by atoms with Crippen LogP contribution in [0.4, 0.5) is 0 Å². The summed E-state index contributed by atoms with van der Waals surface area (Å²) in [7, 11) is 3.09. The van der Waals surface area contributed by atoms with Crippen molar-refractivity contribution < 1.29 is 14.6 Å². The Morgan fingerprint density at radius 3 is 2.64 bits per heavy atom. The lowest BCUT2D eigenvalue weighted by Gasteiger charge is -2.13. The number of methoxy groups -OCH3 is 2. The molecule has 0 saturated carbocycles. The fourth-order valence-corrected chi connectivity index (χ4v) is 2.82. The number of hydrogen-bond acceptors (Lipinski definition) is 8. The molecule has 0 atom stereocenters. The van der Waals surface area contributed by atoms with Crippen molar-refractivity contribution in [3.05, 3.63) is 54.7 Å². The summed E-state index contributed by atoms with van der Waals surface area (Å²) in [6.45, 7) is 0.361. The summed E-state index contributed by atoms with van der Waals surface area (Å²) in [5.74, 6) is 2.24. The van der Waals surface area contributed by atoms with Crippen LogP contribution >= 0.6 is 0 Å². The molecule has 3 heterocycles. The van der Waals surface area contributed by atoms with Crippen LogP contribution < -0.4 is 9.47 Å². The monoisotopic (exact) mass is 379 g/mol. The zero-order valence-electron chi connectivity index (χ0n) is 15.2. The zero-order valence-corrected chi connectivity index (χ0v) is 15.2. The van der Waals surface area contributed by atoms with Crippen LogP contribution in [-0.2, 0) is 6.54 Å². The second-order valence-corrected chi connectivity index (χ2v) is 5.82. The molecule has 10 heteroatoms. The minimum Gasteiger partial charge on any atom is -0.508 e. The first-order valence-electron chi connectivity index (χ1n) is 8.36. The summed E-state index contributed by atoms with van der Waals surface area (Å²) in [5, 5.41) is 26.3. The molecule has 4 aromatic rings. The Balaban J connectivity index is 1.87. The number of nitrogens with zero attached hydrogens (tertiary/aromatic N) is 7. The van der Waals surface area contributed by atoms with Crippen LogP contribution in [0.5, 0.6) is 17.4 Å². The van der Waals surface area contributed by atoms with Gasteiger partial charge in [0.2, 0.25) is 5.88 Å². The second kappa shape index (κ2) is 7.35. The molecule has 0 saturated heterocycles. The van der Waals surface area contributed by atoms with Crippen molar-refractivity contribution >= 4 is 0 Å². The average Bonchev–Trinajstić information content (AvgIpc) is 3.38. The van der Waals surface area contributed by atoms with Gasteiger partial charge >= 0.3 is 0 Å². The van der Waals surface area contributed by atoms with E-state index in [1.54, 1.807) is 48.6 Å². The minimum absolute atomic E-state index is 0.0978. The lowest BCUT2D eigenvalue weighted by atomic mass is 10.1. The van der Waals surface area contributed by atoms with Gasteiger partial charge < -0.3 is 14.6 Å². The van der Waals surface area contributed by atoms with Crippen LogP contribution in [0, 0.1) is 0 Å². The molecule has 3 aromatic heterocycles. The van der Waals surface area contributed by atoms with Crippen LogP contribution in [0.2, 0.25) is 0 Å². The molecular weight excluding hydrogens is 362 g/mol. The standard InChI is InChI=1S/C18H17N7O3/c1-27-15-9-13(26)4-5-14(15)18-22-21-16(11-24-8-7-20-23-24)25(18)12-3-6-17(28-2)19-10-12/h3-10,26H,11H2,1-2H3. The molecule has 0 unspecified atom stereocenters. The molecule has 28 heavy (non-hydrogen) atoms. The fraction of sp³-hybridized carbons (Fsp3) is 0.167. The molecule has 0 aliphatic carbocycles. The zero-order chi connectivity index (χ0) is 19.5. The third kappa shape index (κ3) is 3.22. The molecule has 0 aliphatic rings. The Kier molecular flexibility index (Phi) is 4.58. The van der Waals surface area contributed by atoms with E-state index in [1.165, 1.54) is 13.2 Å². The van der Waals surface area contributed by atoms with Crippen molar-refractivity contribution in [2.75, 3.05) is 14.2 Å². The van der Waals surface area contributed by atoms with E-state index in [-0.39, 0.29) is 5.75 Å². The number of benzene rings is 1. The highest BCUT2D eigenvalue weighted by molar-refractivity contribution is 5.67. The summed E-state index contributed by atoms with van der Waals surface area (Å²) in [5.41, 5.74) is 1.42. The first kappa shape index (κ1) is 17.5. The van der Waals surface area contributed by atoms with E-state index in [2.05, 4.69) is 25.5 Å². The SMILES string of the molecule is COc1ccc(-n2c(Cn3ccnn3)nnc2-c2ccc(O)cc2OC)cn1. The molecule has 1 N–H and O–H groups in total. The number of hydrogen-bond donors (Lipinski definition) is 1. The van der Waals surface area contributed by atoms with Gasteiger partial charge in [-0.1, -0.05) is 5.21 Å². The first-order chi connectivity index (χ1) is 13.7. The maximum absolute atomic E-state index is 9.77. The molecule has 0 spiro atoms. The number of ether oxygens (including phenoxy) is 2. The van der Waals surface area contributed by atoms with E-state index in [0.29, 0.717) is 35.4 Å². The van der Waals surface area contributed by atoms with Gasteiger partial charge in [-0.2, -0.15) is 0 Å². The highest BCUT2D eigenvalue weighted by Gasteiger charge is 2.20. The van der Waals surface area contributed by atoms with Gasteiger partial charge in [-0.25, -0.2) is 9.67 Å². The summed E-state index contributed by atoms with van der Waals surface area (Å²) in [6, 6.07) is 8.44. The lowest BCUT2D eigenvalue weighted by molar-refractivity contribution is 0.397. The van der Waals surface area contributed by atoms with Gasteiger partial charge in [-0.15, -0.1) is 15.3 Å². The van der Waals surface area contributed by atoms with Crippen LogP contribution in [0.1, 0.15) is 5.82 Å². The van der Waals surface area contributed by atoms with Crippen molar-refractivity contribution in [1.29, 1.82) is 0 Å². The number of pyridine rings is 1. The van der Waals surface area contributed by atoms with Crippen LogP contribution in [0.25, 0.3) is 17.1 Å². The largest absolute Gasteiger partial charge is 0.508 e. The third-order valence-electron chi connectivity index (χ3n) is 4.12. The maximum atomic E-state index is 9.77. The third-order valence-corrected chi connectivity index (χ3v) is 4.12. The summed E-state index contributed by atoms with van der Waals surface area (Å²) >= 11 is 0. The number of rotatable bonds is 6. The van der Waals surface area contributed by atoms with Gasteiger partial charge in [0.25, 0.3) is 0 Å². The number of phenolic OH excluding ortho intramolecular Hbond substituents is 1. The molecule has 4 rings (SSSR count). The number of aromatic hydroxyl groups is 1. The summed E-state index contributed by atoms with van der Waals surface area (Å²) in [4.78, 5) is 4.28. The molecule has 0 radical (unpaired) electrons. The molecule has 0 aliphatic heterocycles. The van der Waals surface area contributed by atoms with Gasteiger partial charge in [-0.05, 0) is 18.2 Å². The molecule has 0 fully saturated rings. The van der Waals surface area contributed by atoms with Crippen LogP contribution in [0.3, 0.4) is 0 Å². The van der Waals surface area contributed by atoms with E-state index >= 15 is 0 Å². The molecule has 142 valence electrons.